The summed E-state index contributed by atoms with van der Waals surface area (Å²) in [6.45, 7) is 5.38. The van der Waals surface area contributed by atoms with Crippen molar-refractivity contribution in [1.82, 2.24) is 5.32 Å². The Labute approximate surface area is 90.9 Å². The molecule has 0 radical (unpaired) electrons. The Morgan fingerprint density at radius 1 is 1.50 bits per heavy atom. The van der Waals surface area contributed by atoms with Crippen LogP contribution in [0.15, 0.2) is 4.99 Å². The van der Waals surface area contributed by atoms with Crippen LogP contribution in [0.4, 0.5) is 0 Å². The Kier molecular flexibility index (Phi) is 3.05. The molecular weight excluding hydrogens is 192 g/mol. The first kappa shape index (κ1) is 10.3. The molecule has 0 aromatic rings. The van der Waals surface area contributed by atoms with Gasteiger partial charge in [0.25, 0.3) is 0 Å². The Bertz CT molecular complexity index is 229. The van der Waals surface area contributed by atoms with Gasteiger partial charge < -0.3 is 5.32 Å². The molecule has 2 fully saturated rings. The second-order valence-corrected chi connectivity index (χ2v) is 5.62. The molecule has 80 valence electrons. The average Bonchev–Trinajstić information content (AvgIpc) is 2.56. The maximum atomic E-state index is 4.46. The smallest absolute Gasteiger partial charge is 0.157 e. The molecule has 1 saturated carbocycles. The number of hydrogen-bond acceptors (Lipinski definition) is 2. The lowest BCUT2D eigenvalue weighted by molar-refractivity contribution is 0.251. The van der Waals surface area contributed by atoms with Gasteiger partial charge in [-0.25, -0.2) is 0 Å². The lowest BCUT2D eigenvalue weighted by atomic mass is 9.78. The fourth-order valence-corrected chi connectivity index (χ4v) is 3.60. The molecule has 1 aliphatic carbocycles. The van der Waals surface area contributed by atoms with Crippen LogP contribution < -0.4 is 5.32 Å². The lowest BCUT2D eigenvalue weighted by Crippen LogP contribution is -2.46. The van der Waals surface area contributed by atoms with Crippen molar-refractivity contribution in [3.63, 3.8) is 0 Å². The summed E-state index contributed by atoms with van der Waals surface area (Å²) in [7, 11) is 0. The third-order valence-corrected chi connectivity index (χ3v) is 4.59. The number of amidine groups is 1. The summed E-state index contributed by atoms with van der Waals surface area (Å²) in [5, 5.41) is 4.82. The van der Waals surface area contributed by atoms with E-state index in [2.05, 4.69) is 24.2 Å². The molecule has 2 nitrogen and oxygen atoms in total. The van der Waals surface area contributed by atoms with E-state index in [9.17, 15) is 0 Å². The highest BCUT2D eigenvalue weighted by atomic mass is 32.2. The molecule has 0 bridgehead atoms. The van der Waals surface area contributed by atoms with Gasteiger partial charge in [-0.15, -0.1) is 0 Å². The summed E-state index contributed by atoms with van der Waals surface area (Å²) < 4.78 is 0. The highest BCUT2D eigenvalue weighted by molar-refractivity contribution is 8.14. The lowest BCUT2D eigenvalue weighted by Gasteiger charge is -2.35. The number of rotatable bonds is 1. The number of hydrogen-bond donors (Lipinski definition) is 1. The molecule has 1 spiro atoms. The van der Waals surface area contributed by atoms with Gasteiger partial charge in [0.1, 0.15) is 0 Å². The topological polar surface area (TPSA) is 24.4 Å². The predicted octanol–water partition coefficient (Wildman–Crippen LogP) is 2.65. The molecule has 3 heteroatoms. The molecule has 0 aromatic carbocycles. The summed E-state index contributed by atoms with van der Waals surface area (Å²) in [4.78, 5) is 4.46. The zero-order valence-corrected chi connectivity index (χ0v) is 9.99. The van der Waals surface area contributed by atoms with E-state index in [-0.39, 0.29) is 0 Å². The third kappa shape index (κ3) is 2.08. The standard InChI is InChI=1S/C11H20N2S/c1-3-12-10-13-11(8-14-10)6-4-9(2)5-7-11/h9H,3-8H2,1-2H3,(H,12,13). The molecule has 0 aromatic heterocycles. The van der Waals surface area contributed by atoms with Gasteiger partial charge in [0.2, 0.25) is 0 Å². The second kappa shape index (κ2) is 4.13. The van der Waals surface area contributed by atoms with Gasteiger partial charge in [-0.1, -0.05) is 18.7 Å². The molecule has 2 rings (SSSR count). The van der Waals surface area contributed by atoms with E-state index in [1.165, 1.54) is 36.6 Å². The van der Waals surface area contributed by atoms with Gasteiger partial charge >= 0.3 is 0 Å². The fourth-order valence-electron chi connectivity index (χ4n) is 2.32. The molecule has 1 N–H and O–H groups in total. The van der Waals surface area contributed by atoms with Crippen LogP contribution in [0.2, 0.25) is 0 Å². The van der Waals surface area contributed by atoms with Crippen LogP contribution in [-0.4, -0.2) is 23.0 Å². The minimum Gasteiger partial charge on any atom is -0.359 e. The Morgan fingerprint density at radius 2 is 2.21 bits per heavy atom. The Morgan fingerprint density at radius 3 is 2.86 bits per heavy atom. The molecule has 1 heterocycles. The summed E-state index contributed by atoms with van der Waals surface area (Å²) in [6, 6.07) is 0. The van der Waals surface area contributed by atoms with Crippen molar-refractivity contribution < 1.29 is 0 Å². The quantitative estimate of drug-likeness (QED) is 0.722. The monoisotopic (exact) mass is 212 g/mol. The van der Waals surface area contributed by atoms with Gasteiger partial charge in [-0.3, -0.25) is 4.99 Å². The van der Waals surface area contributed by atoms with Crippen LogP contribution in [-0.2, 0) is 0 Å². The molecule has 0 atom stereocenters. The molecule has 1 aliphatic heterocycles. The maximum Gasteiger partial charge on any atom is 0.157 e. The molecule has 2 aliphatic rings. The van der Waals surface area contributed by atoms with Crippen LogP contribution in [0.3, 0.4) is 0 Å². The minimum atomic E-state index is 0.408. The SMILES string of the molecule is CCN=C1NC2(CCC(C)CC2)CS1. The second-order valence-electron chi connectivity index (χ2n) is 4.66. The summed E-state index contributed by atoms with van der Waals surface area (Å²) >= 11 is 1.91. The van der Waals surface area contributed by atoms with Crippen molar-refractivity contribution in [1.29, 1.82) is 0 Å². The number of nitrogens with zero attached hydrogens (tertiary/aromatic N) is 1. The fraction of sp³-hybridized carbons (Fsp3) is 0.909. The van der Waals surface area contributed by atoms with E-state index in [0.717, 1.165) is 12.5 Å². The normalized spacial score (nSPS) is 40.4. The van der Waals surface area contributed by atoms with Crippen molar-refractivity contribution in [3.8, 4) is 0 Å². The molecule has 14 heavy (non-hydrogen) atoms. The first-order chi connectivity index (χ1) is 6.74. The third-order valence-electron chi connectivity index (χ3n) is 3.39. The van der Waals surface area contributed by atoms with Crippen molar-refractivity contribution in [2.24, 2.45) is 10.9 Å². The molecule has 0 amide bonds. The van der Waals surface area contributed by atoms with Gasteiger partial charge in [0.15, 0.2) is 5.17 Å². The van der Waals surface area contributed by atoms with Gasteiger partial charge in [-0.05, 0) is 38.5 Å². The highest BCUT2D eigenvalue weighted by Crippen LogP contribution is 2.38. The summed E-state index contributed by atoms with van der Waals surface area (Å²) in [6.07, 6.45) is 5.44. The number of aliphatic imine (C=N–C) groups is 1. The first-order valence-electron chi connectivity index (χ1n) is 5.69. The van der Waals surface area contributed by atoms with Crippen LogP contribution >= 0.6 is 11.8 Å². The Hall–Kier alpha value is -0.180. The van der Waals surface area contributed by atoms with Gasteiger partial charge in [0.05, 0.1) is 0 Å². The van der Waals surface area contributed by atoms with E-state index in [0.29, 0.717) is 5.54 Å². The van der Waals surface area contributed by atoms with E-state index in [4.69, 9.17) is 0 Å². The van der Waals surface area contributed by atoms with E-state index in [1.54, 1.807) is 0 Å². The van der Waals surface area contributed by atoms with Crippen molar-refractivity contribution >= 4 is 16.9 Å². The zero-order chi connectivity index (χ0) is 10.0. The van der Waals surface area contributed by atoms with Crippen LogP contribution in [0, 0.1) is 5.92 Å². The molecular formula is C11H20N2S. The van der Waals surface area contributed by atoms with Crippen molar-refractivity contribution in [2.45, 2.75) is 45.1 Å². The first-order valence-corrected chi connectivity index (χ1v) is 6.68. The highest BCUT2D eigenvalue weighted by Gasteiger charge is 2.39. The van der Waals surface area contributed by atoms with Crippen molar-refractivity contribution in [2.75, 3.05) is 12.3 Å². The number of thioether (sulfide) groups is 1. The van der Waals surface area contributed by atoms with E-state index < -0.39 is 0 Å². The van der Waals surface area contributed by atoms with Crippen LogP contribution in [0.5, 0.6) is 0 Å². The summed E-state index contributed by atoms with van der Waals surface area (Å²) in [5.74, 6) is 2.16. The maximum absolute atomic E-state index is 4.46. The largest absolute Gasteiger partial charge is 0.359 e. The zero-order valence-electron chi connectivity index (χ0n) is 9.18. The predicted molar refractivity (Wildman–Crippen MR) is 63.9 cm³/mol. The van der Waals surface area contributed by atoms with Crippen molar-refractivity contribution in [3.05, 3.63) is 0 Å². The molecule has 0 unspecified atom stereocenters. The minimum absolute atomic E-state index is 0.408. The van der Waals surface area contributed by atoms with Gasteiger partial charge in [-0.2, -0.15) is 0 Å². The Balaban J connectivity index is 1.96. The van der Waals surface area contributed by atoms with Crippen LogP contribution in [0.1, 0.15) is 39.5 Å². The average molecular weight is 212 g/mol. The van der Waals surface area contributed by atoms with Crippen LogP contribution in [0.25, 0.3) is 0 Å². The van der Waals surface area contributed by atoms with Gasteiger partial charge in [0, 0.05) is 17.8 Å². The molecule has 1 saturated heterocycles. The van der Waals surface area contributed by atoms with E-state index in [1.807, 2.05) is 11.8 Å². The summed E-state index contributed by atoms with van der Waals surface area (Å²) in [5.41, 5.74) is 0.408. The van der Waals surface area contributed by atoms with E-state index >= 15 is 0 Å². The number of nitrogens with one attached hydrogen (secondary N) is 1.